The van der Waals surface area contributed by atoms with Gasteiger partial charge in [0, 0.05) is 0 Å². The minimum atomic E-state index is 0.907. The van der Waals surface area contributed by atoms with E-state index < -0.39 is 0 Å². The second-order valence-corrected chi connectivity index (χ2v) is 6.29. The lowest BCUT2D eigenvalue weighted by atomic mass is 9.94. The maximum Gasteiger partial charge on any atom is -0.0353 e. The van der Waals surface area contributed by atoms with E-state index in [2.05, 4.69) is 27.0 Å². The molecule has 2 atom stereocenters. The van der Waals surface area contributed by atoms with Gasteiger partial charge in [-0.3, -0.25) is 0 Å². The van der Waals surface area contributed by atoms with Crippen LogP contribution in [-0.4, -0.2) is 0 Å². The Morgan fingerprint density at radius 1 is 0.632 bits per heavy atom. The number of unbranched alkanes of at least 4 members (excludes halogenated alkanes) is 4. The summed E-state index contributed by atoms with van der Waals surface area (Å²) in [5, 5.41) is 0. The van der Waals surface area contributed by atoms with Crippen LogP contribution in [0.15, 0.2) is 25.3 Å². The van der Waals surface area contributed by atoms with Crippen molar-refractivity contribution >= 4 is 0 Å². The third-order valence-electron chi connectivity index (χ3n) is 4.10. The van der Waals surface area contributed by atoms with Crippen molar-refractivity contribution in [2.75, 3.05) is 0 Å². The Morgan fingerprint density at radius 2 is 1.00 bits per heavy atom. The minimum absolute atomic E-state index is 0.907. The van der Waals surface area contributed by atoms with Gasteiger partial charge in [0.25, 0.3) is 0 Å². The van der Waals surface area contributed by atoms with Crippen LogP contribution in [0.4, 0.5) is 0 Å². The van der Waals surface area contributed by atoms with Crippen LogP contribution >= 0.6 is 0 Å². The fraction of sp³-hybridized carbons (Fsp3) is 0.789. The molecule has 0 aromatic rings. The summed E-state index contributed by atoms with van der Waals surface area (Å²) in [5.74, 6) is 1.81. The molecule has 0 aliphatic heterocycles. The van der Waals surface area contributed by atoms with E-state index in [4.69, 9.17) is 0 Å². The van der Waals surface area contributed by atoms with Crippen LogP contribution in [-0.2, 0) is 0 Å². The molecule has 0 amide bonds. The highest BCUT2D eigenvalue weighted by Gasteiger charge is 2.03. The van der Waals surface area contributed by atoms with E-state index in [-0.39, 0.29) is 0 Å². The lowest BCUT2D eigenvalue weighted by molar-refractivity contribution is 0.418. The smallest absolute Gasteiger partial charge is 0.0353 e. The Balaban J connectivity index is 3.28. The van der Waals surface area contributed by atoms with Gasteiger partial charge in [-0.05, 0) is 37.5 Å². The monoisotopic (exact) mass is 264 g/mol. The molecule has 0 saturated heterocycles. The van der Waals surface area contributed by atoms with E-state index in [1.54, 1.807) is 0 Å². The number of rotatable bonds is 14. The molecule has 0 nitrogen and oxygen atoms in total. The van der Waals surface area contributed by atoms with Crippen LogP contribution in [0.1, 0.15) is 84.5 Å². The normalized spacial score (nSPS) is 14.0. The van der Waals surface area contributed by atoms with Crippen LogP contribution < -0.4 is 0 Å². The molecular formula is C19H36. The summed E-state index contributed by atoms with van der Waals surface area (Å²) in [4.78, 5) is 0. The van der Waals surface area contributed by atoms with Crippen molar-refractivity contribution in [3.8, 4) is 0 Å². The van der Waals surface area contributed by atoms with Gasteiger partial charge in [-0.25, -0.2) is 0 Å². The zero-order valence-electron chi connectivity index (χ0n) is 13.5. The van der Waals surface area contributed by atoms with Gasteiger partial charge in [-0.1, -0.05) is 70.9 Å². The van der Waals surface area contributed by atoms with Gasteiger partial charge >= 0.3 is 0 Å². The van der Waals surface area contributed by atoms with Crippen LogP contribution in [0, 0.1) is 11.8 Å². The molecule has 0 N–H and O–H groups in total. The molecule has 0 saturated carbocycles. The summed E-state index contributed by atoms with van der Waals surface area (Å²) in [5.41, 5.74) is 0. The molecule has 0 bridgehead atoms. The Bertz CT molecular complexity index is 182. The molecule has 0 aromatic heterocycles. The third kappa shape index (κ3) is 13.7. The van der Waals surface area contributed by atoms with Crippen molar-refractivity contribution in [2.45, 2.75) is 84.5 Å². The summed E-state index contributed by atoms with van der Waals surface area (Å²) in [6.45, 7) is 12.4. The van der Waals surface area contributed by atoms with Gasteiger partial charge < -0.3 is 0 Å². The van der Waals surface area contributed by atoms with Crippen LogP contribution in [0.3, 0.4) is 0 Å². The first kappa shape index (κ1) is 18.5. The number of hydrogen-bond donors (Lipinski definition) is 0. The standard InChI is InChI=1S/C19H36/c1-5-7-10-14-18(3)16-12-9-13-17-19(4)15-11-8-6-2/h5-6,18-19H,1-2,7-17H2,3-4H3. The van der Waals surface area contributed by atoms with Crippen molar-refractivity contribution < 1.29 is 0 Å². The molecular weight excluding hydrogens is 228 g/mol. The van der Waals surface area contributed by atoms with E-state index in [1.807, 2.05) is 12.2 Å². The van der Waals surface area contributed by atoms with Crippen molar-refractivity contribution in [2.24, 2.45) is 11.8 Å². The second-order valence-electron chi connectivity index (χ2n) is 6.29. The number of allylic oxidation sites excluding steroid dienone is 2. The first-order chi connectivity index (χ1) is 9.20. The summed E-state index contributed by atoms with van der Waals surface area (Å²) >= 11 is 0. The lowest BCUT2D eigenvalue weighted by Crippen LogP contribution is -1.97. The maximum absolute atomic E-state index is 3.78. The van der Waals surface area contributed by atoms with Gasteiger partial charge in [0.15, 0.2) is 0 Å². The van der Waals surface area contributed by atoms with Crippen LogP contribution in [0.25, 0.3) is 0 Å². The quantitative estimate of drug-likeness (QED) is 0.236. The van der Waals surface area contributed by atoms with E-state index in [1.165, 1.54) is 70.6 Å². The highest BCUT2D eigenvalue weighted by Crippen LogP contribution is 2.19. The highest BCUT2D eigenvalue weighted by atomic mass is 14.1. The van der Waals surface area contributed by atoms with Crippen molar-refractivity contribution in [1.82, 2.24) is 0 Å². The average molecular weight is 264 g/mol. The predicted molar refractivity (Wildman–Crippen MR) is 89.5 cm³/mol. The zero-order valence-corrected chi connectivity index (χ0v) is 13.5. The summed E-state index contributed by atoms with van der Waals surface area (Å²) in [6, 6.07) is 0. The second kappa shape index (κ2) is 13.9. The van der Waals surface area contributed by atoms with Gasteiger partial charge in [-0.2, -0.15) is 0 Å². The van der Waals surface area contributed by atoms with Gasteiger partial charge in [0.1, 0.15) is 0 Å². The van der Waals surface area contributed by atoms with Gasteiger partial charge in [-0.15, -0.1) is 13.2 Å². The van der Waals surface area contributed by atoms with E-state index in [0.717, 1.165) is 11.8 Å². The average Bonchev–Trinajstić information content (AvgIpc) is 2.39. The van der Waals surface area contributed by atoms with Crippen molar-refractivity contribution in [3.05, 3.63) is 25.3 Å². The molecule has 0 aromatic carbocycles. The van der Waals surface area contributed by atoms with E-state index in [0.29, 0.717) is 0 Å². The first-order valence-electron chi connectivity index (χ1n) is 8.42. The molecule has 112 valence electrons. The summed E-state index contributed by atoms with van der Waals surface area (Å²) in [7, 11) is 0. The maximum atomic E-state index is 3.78. The molecule has 2 unspecified atom stereocenters. The lowest BCUT2D eigenvalue weighted by Gasteiger charge is -2.12. The van der Waals surface area contributed by atoms with Gasteiger partial charge in [0.05, 0.1) is 0 Å². The fourth-order valence-corrected chi connectivity index (χ4v) is 2.67. The molecule has 0 rings (SSSR count). The Labute approximate surface area is 122 Å². The van der Waals surface area contributed by atoms with Crippen molar-refractivity contribution in [1.29, 1.82) is 0 Å². The third-order valence-corrected chi connectivity index (χ3v) is 4.10. The molecule has 0 radical (unpaired) electrons. The Hall–Kier alpha value is -0.520. The first-order valence-corrected chi connectivity index (χ1v) is 8.42. The van der Waals surface area contributed by atoms with Crippen molar-refractivity contribution in [3.63, 3.8) is 0 Å². The molecule has 0 heteroatoms. The Morgan fingerprint density at radius 3 is 1.37 bits per heavy atom. The summed E-state index contributed by atoms with van der Waals surface area (Å²) in [6.07, 6.45) is 19.0. The van der Waals surface area contributed by atoms with Gasteiger partial charge in [0.2, 0.25) is 0 Å². The van der Waals surface area contributed by atoms with Crippen LogP contribution in [0.2, 0.25) is 0 Å². The zero-order chi connectivity index (χ0) is 14.3. The highest BCUT2D eigenvalue weighted by molar-refractivity contribution is 4.68. The molecule has 0 aliphatic carbocycles. The topological polar surface area (TPSA) is 0 Å². The van der Waals surface area contributed by atoms with E-state index in [9.17, 15) is 0 Å². The molecule has 19 heavy (non-hydrogen) atoms. The summed E-state index contributed by atoms with van der Waals surface area (Å²) < 4.78 is 0. The van der Waals surface area contributed by atoms with E-state index >= 15 is 0 Å². The Kier molecular flexibility index (Phi) is 13.5. The SMILES string of the molecule is C=CCCCC(C)CCCCCC(C)CCCC=C. The largest absolute Gasteiger partial charge is 0.103 e. The molecule has 0 heterocycles. The molecule has 0 fully saturated rings. The predicted octanol–water partition coefficient (Wildman–Crippen LogP) is 6.92. The van der Waals surface area contributed by atoms with Crippen LogP contribution in [0.5, 0.6) is 0 Å². The molecule has 0 aliphatic rings. The molecule has 0 spiro atoms. The minimum Gasteiger partial charge on any atom is -0.103 e. The number of hydrogen-bond acceptors (Lipinski definition) is 0. The fourth-order valence-electron chi connectivity index (χ4n) is 2.67.